The van der Waals surface area contributed by atoms with Crippen molar-refractivity contribution in [3.63, 3.8) is 0 Å². The number of hydrogen-bond acceptors (Lipinski definition) is 14. The Labute approximate surface area is 385 Å². The van der Waals surface area contributed by atoms with E-state index < -0.39 is 35.1 Å². The first-order valence-electron chi connectivity index (χ1n) is 19.1. The zero-order chi connectivity index (χ0) is 45.4. The molecule has 2 heterocycles. The Hall–Kier alpha value is -4.49. The van der Waals surface area contributed by atoms with E-state index in [0.717, 1.165) is 98.0 Å². The second-order valence-electron chi connectivity index (χ2n) is 15.1. The number of carboxylic acid groups (broad SMARTS) is 2. The SMILES string of the molecule is CC(=O)O.CC(=O)OOC(C)=O.CC(=O)[O-].CC(C)(C)OC(=O)N[C@H]1CCCN(Cc2ccccc2)C1.CC(C)(C)OC(=O)N[C@H]1CCCNC1.O=Cc1ccccc1.[B].[Na+]. The van der Waals surface area contributed by atoms with Gasteiger partial charge in [-0.2, -0.15) is 0 Å². The number of carbonyl (C=O) groups excluding carboxylic acids is 6. The van der Waals surface area contributed by atoms with Crippen LogP contribution in [0.5, 0.6) is 0 Å². The van der Waals surface area contributed by atoms with Crippen LogP contribution in [-0.2, 0) is 45.0 Å². The van der Waals surface area contributed by atoms with Crippen molar-refractivity contribution < 1.29 is 92.6 Å². The van der Waals surface area contributed by atoms with Crippen molar-refractivity contribution in [1.82, 2.24) is 20.9 Å². The molecule has 19 heteroatoms. The van der Waals surface area contributed by atoms with Gasteiger partial charge in [-0.3, -0.25) is 14.5 Å². The molecule has 0 saturated carbocycles. The molecule has 0 spiro atoms. The van der Waals surface area contributed by atoms with E-state index >= 15 is 0 Å². The zero-order valence-corrected chi connectivity index (χ0v) is 39.7. The number of benzene rings is 2. The van der Waals surface area contributed by atoms with Crippen molar-refractivity contribution >= 4 is 50.8 Å². The van der Waals surface area contributed by atoms with E-state index in [9.17, 15) is 24.0 Å². The van der Waals surface area contributed by atoms with Gasteiger partial charge in [0.25, 0.3) is 5.97 Å². The van der Waals surface area contributed by atoms with Gasteiger partial charge in [0.1, 0.15) is 17.5 Å². The molecule has 2 fully saturated rings. The summed E-state index contributed by atoms with van der Waals surface area (Å²) < 4.78 is 10.5. The van der Waals surface area contributed by atoms with Gasteiger partial charge < -0.3 is 40.4 Å². The van der Waals surface area contributed by atoms with Gasteiger partial charge in [0.2, 0.25) is 0 Å². The Kier molecular flexibility index (Phi) is 37.5. The molecule has 4 N–H and O–H groups in total. The average molecular weight is 868 g/mol. The maximum absolute atomic E-state index is 11.8. The second-order valence-corrected chi connectivity index (χ2v) is 15.1. The van der Waals surface area contributed by atoms with E-state index in [2.05, 4.69) is 54.9 Å². The summed E-state index contributed by atoms with van der Waals surface area (Å²) in [6, 6.07) is 19.9. The van der Waals surface area contributed by atoms with Gasteiger partial charge in [-0.05, 0) is 92.8 Å². The third-order valence-electron chi connectivity index (χ3n) is 6.71. The summed E-state index contributed by atoms with van der Waals surface area (Å²) in [6.07, 6.45) is 4.48. The number of nitrogens with zero attached hydrogens (tertiary/aromatic N) is 1. The van der Waals surface area contributed by atoms with E-state index in [1.807, 2.05) is 65.8 Å². The molecule has 2 aromatic carbocycles. The molecule has 0 aliphatic carbocycles. The first-order valence-corrected chi connectivity index (χ1v) is 19.1. The van der Waals surface area contributed by atoms with Crippen LogP contribution in [0.25, 0.3) is 0 Å². The number of piperidine rings is 2. The quantitative estimate of drug-likeness (QED) is 0.144. The first kappa shape index (κ1) is 63.2. The topological polar surface area (TPSA) is 239 Å². The molecule has 2 atom stereocenters. The van der Waals surface area contributed by atoms with Gasteiger partial charge >= 0.3 is 53.7 Å². The summed E-state index contributed by atoms with van der Waals surface area (Å²) >= 11 is 0. The minimum atomic E-state index is -1.08. The van der Waals surface area contributed by atoms with Gasteiger partial charge in [-0.1, -0.05) is 60.7 Å². The Bertz CT molecular complexity index is 1490. The molecule has 2 saturated heterocycles. The van der Waals surface area contributed by atoms with Crippen molar-refractivity contribution in [2.24, 2.45) is 0 Å². The number of carbonyl (C=O) groups is 7. The van der Waals surface area contributed by atoms with E-state index in [1.54, 1.807) is 12.1 Å². The van der Waals surface area contributed by atoms with E-state index in [1.165, 1.54) is 5.56 Å². The Morgan fingerprint density at radius 2 is 1.18 bits per heavy atom. The van der Waals surface area contributed by atoms with Crippen LogP contribution in [0.1, 0.15) is 111 Å². The summed E-state index contributed by atoms with van der Waals surface area (Å²) in [5, 5.41) is 25.4. The number of ether oxygens (including phenoxy) is 2. The Morgan fingerprint density at radius 1 is 0.770 bits per heavy atom. The Balaban J connectivity index is -0.000000352. The maximum Gasteiger partial charge on any atom is 1.00 e. The van der Waals surface area contributed by atoms with Crippen LogP contribution < -0.4 is 50.6 Å². The fraction of sp³-hybridized carbons (Fsp3) is 0.548. The van der Waals surface area contributed by atoms with Crippen molar-refractivity contribution in [2.45, 2.75) is 125 Å². The molecule has 2 aliphatic rings. The van der Waals surface area contributed by atoms with Crippen LogP contribution in [0, 0.1) is 0 Å². The van der Waals surface area contributed by atoms with Gasteiger partial charge in [-0.15, -0.1) is 0 Å². The number of aliphatic carboxylic acids is 2. The summed E-state index contributed by atoms with van der Waals surface area (Å²) in [5.74, 6) is -3.19. The molecule has 0 unspecified atom stereocenters. The van der Waals surface area contributed by atoms with Crippen molar-refractivity contribution in [1.29, 1.82) is 0 Å². The number of likely N-dealkylation sites (tertiary alicyclic amines) is 1. The van der Waals surface area contributed by atoms with Crippen LogP contribution >= 0.6 is 0 Å². The molecule has 17 nitrogen and oxygen atoms in total. The predicted octanol–water partition coefficient (Wildman–Crippen LogP) is 1.44. The van der Waals surface area contributed by atoms with Crippen LogP contribution in [0.15, 0.2) is 60.7 Å². The summed E-state index contributed by atoms with van der Waals surface area (Å²) in [5.41, 5.74) is 1.19. The van der Waals surface area contributed by atoms with Gasteiger partial charge in [0.05, 0.1) is 0 Å². The molecule has 2 amide bonds. The smallest absolute Gasteiger partial charge is 0.550 e. The summed E-state index contributed by atoms with van der Waals surface area (Å²) in [6.45, 7) is 20.4. The van der Waals surface area contributed by atoms with Crippen LogP contribution in [0.2, 0.25) is 0 Å². The normalized spacial score (nSPS) is 15.1. The molecular formula is C42H65BN4NaO13. The number of hydrogen-bond donors (Lipinski definition) is 4. The molecule has 61 heavy (non-hydrogen) atoms. The standard InChI is InChI=1S/C17H26N2O2.C10H20N2O2.C7H6O.C4H6O4.2C2H4O2.B.Na/c1-17(2,3)21-16(20)18-15-10-7-11-19(13-15)12-14-8-5-4-6-9-14;1-10(2,3)14-9(13)12-8-5-4-6-11-7-8;8-6-7-4-2-1-3-5-7;1-3(5)7-8-4(2)6;2*1-2(3)4;;/h4-6,8-9,15H,7,10-13H2,1-3H3,(H,18,20);8,11H,4-7H2,1-3H3,(H,12,13);1-6H;1-2H3;2*1H3,(H,3,4);;/q;;;;;;;+1/p-1/t15-;8-;;;;;;/m00....../s1. The summed E-state index contributed by atoms with van der Waals surface area (Å²) in [7, 11) is 0. The minimum Gasteiger partial charge on any atom is -0.550 e. The average Bonchev–Trinajstić information content (AvgIpc) is 3.11. The minimum absolute atomic E-state index is 0. The zero-order valence-electron chi connectivity index (χ0n) is 37.7. The number of nitrogens with one attached hydrogen (secondary N) is 3. The molecule has 2 aliphatic heterocycles. The number of rotatable bonds is 5. The van der Waals surface area contributed by atoms with E-state index in [-0.39, 0.29) is 62.2 Å². The fourth-order valence-corrected chi connectivity index (χ4v) is 4.73. The molecule has 0 bridgehead atoms. The number of carboxylic acids is 2. The van der Waals surface area contributed by atoms with Crippen LogP contribution in [0.3, 0.4) is 0 Å². The molecule has 4 rings (SSSR count). The molecular weight excluding hydrogens is 802 g/mol. The maximum atomic E-state index is 11.8. The van der Waals surface area contributed by atoms with Crippen molar-refractivity contribution in [2.75, 3.05) is 26.2 Å². The molecule has 3 radical (unpaired) electrons. The molecule has 0 aromatic heterocycles. The Morgan fingerprint density at radius 3 is 1.54 bits per heavy atom. The monoisotopic (exact) mass is 867 g/mol. The van der Waals surface area contributed by atoms with E-state index in [0.29, 0.717) is 0 Å². The number of aldehydes is 1. The van der Waals surface area contributed by atoms with E-state index in [4.69, 9.17) is 29.3 Å². The van der Waals surface area contributed by atoms with Gasteiger partial charge in [0.15, 0.2) is 0 Å². The molecule has 2 aromatic rings. The largest absolute Gasteiger partial charge is 1.00 e. The van der Waals surface area contributed by atoms with Crippen molar-refractivity contribution in [3.05, 3.63) is 71.8 Å². The van der Waals surface area contributed by atoms with Gasteiger partial charge in [-0.25, -0.2) is 29.0 Å². The van der Waals surface area contributed by atoms with Crippen LogP contribution in [-0.4, -0.2) is 110 Å². The second kappa shape index (κ2) is 36.2. The predicted molar refractivity (Wildman–Crippen MR) is 224 cm³/mol. The molecule has 335 valence electrons. The fourth-order valence-electron chi connectivity index (χ4n) is 4.73. The van der Waals surface area contributed by atoms with Gasteiger partial charge in [0, 0.05) is 72.4 Å². The van der Waals surface area contributed by atoms with Crippen molar-refractivity contribution in [3.8, 4) is 0 Å². The third kappa shape index (κ3) is 46.4. The number of amides is 2. The third-order valence-corrected chi connectivity index (χ3v) is 6.71. The first-order chi connectivity index (χ1) is 27.4. The summed E-state index contributed by atoms with van der Waals surface area (Å²) in [4.78, 5) is 80.8. The number of alkyl carbamates (subject to hydrolysis) is 2. The van der Waals surface area contributed by atoms with Crippen LogP contribution in [0.4, 0.5) is 9.59 Å².